The van der Waals surface area contributed by atoms with Gasteiger partial charge in [-0.2, -0.15) is 5.26 Å². The second-order valence-corrected chi connectivity index (χ2v) is 6.35. The number of aromatic nitrogens is 1. The first-order valence-corrected chi connectivity index (χ1v) is 8.67. The molecule has 0 aliphatic carbocycles. The standard InChI is InChI=1S/C21H18ClN3O/c1-15-18(22)7-4-8-19(15)24-21(26)11-10-16-14-25(13-5-12-23)20-9-3-2-6-17(16)20/h2-4,6-11,14H,5,13H2,1H3,(H,24,26)/b11-10+. The van der Waals surface area contributed by atoms with Gasteiger partial charge in [-0.3, -0.25) is 4.79 Å². The van der Waals surface area contributed by atoms with Gasteiger partial charge in [0, 0.05) is 46.0 Å². The molecule has 2 aromatic carbocycles. The van der Waals surface area contributed by atoms with Crippen LogP contribution in [0.15, 0.2) is 54.7 Å². The quantitative estimate of drug-likeness (QED) is 0.636. The van der Waals surface area contributed by atoms with Crippen LogP contribution in [0.4, 0.5) is 5.69 Å². The first kappa shape index (κ1) is 17.8. The molecular weight excluding hydrogens is 346 g/mol. The zero-order valence-electron chi connectivity index (χ0n) is 14.4. The fourth-order valence-corrected chi connectivity index (χ4v) is 3.02. The molecule has 130 valence electrons. The highest BCUT2D eigenvalue weighted by Gasteiger charge is 2.07. The Morgan fingerprint density at radius 3 is 2.88 bits per heavy atom. The number of aryl methyl sites for hydroxylation is 1. The minimum Gasteiger partial charge on any atom is -0.346 e. The number of carbonyl (C=O) groups is 1. The van der Waals surface area contributed by atoms with E-state index in [4.69, 9.17) is 16.9 Å². The highest BCUT2D eigenvalue weighted by Crippen LogP contribution is 2.24. The first-order valence-electron chi connectivity index (χ1n) is 8.29. The maximum Gasteiger partial charge on any atom is 0.248 e. The number of halogens is 1. The van der Waals surface area contributed by atoms with Crippen molar-refractivity contribution in [1.82, 2.24) is 4.57 Å². The second kappa shape index (κ2) is 7.90. The third-order valence-electron chi connectivity index (χ3n) is 4.22. The van der Waals surface area contributed by atoms with Gasteiger partial charge in [0.05, 0.1) is 12.5 Å². The number of fused-ring (bicyclic) bond motifs is 1. The van der Waals surface area contributed by atoms with Gasteiger partial charge >= 0.3 is 0 Å². The number of hydrogen-bond acceptors (Lipinski definition) is 2. The molecule has 0 bridgehead atoms. The van der Waals surface area contributed by atoms with Gasteiger partial charge in [0.25, 0.3) is 0 Å². The van der Waals surface area contributed by atoms with E-state index in [0.29, 0.717) is 23.7 Å². The van der Waals surface area contributed by atoms with Crippen LogP contribution in [0.2, 0.25) is 5.02 Å². The number of benzene rings is 2. The highest BCUT2D eigenvalue weighted by atomic mass is 35.5. The van der Waals surface area contributed by atoms with Gasteiger partial charge in [-0.1, -0.05) is 35.9 Å². The van der Waals surface area contributed by atoms with E-state index in [2.05, 4.69) is 11.4 Å². The van der Waals surface area contributed by atoms with Crippen LogP contribution in [0.3, 0.4) is 0 Å². The molecule has 1 N–H and O–H groups in total. The van der Waals surface area contributed by atoms with Crippen LogP contribution >= 0.6 is 11.6 Å². The summed E-state index contributed by atoms with van der Waals surface area (Å²) in [5.41, 5.74) is 3.53. The van der Waals surface area contributed by atoms with E-state index < -0.39 is 0 Å². The van der Waals surface area contributed by atoms with Crippen molar-refractivity contribution >= 4 is 40.2 Å². The van der Waals surface area contributed by atoms with Crippen molar-refractivity contribution in [2.24, 2.45) is 0 Å². The van der Waals surface area contributed by atoms with Crippen molar-refractivity contribution in [1.29, 1.82) is 5.26 Å². The predicted octanol–water partition coefficient (Wildman–Crippen LogP) is 5.17. The molecule has 0 spiro atoms. The zero-order valence-corrected chi connectivity index (χ0v) is 15.1. The van der Waals surface area contributed by atoms with Gasteiger partial charge in [0.2, 0.25) is 5.91 Å². The van der Waals surface area contributed by atoms with Crippen molar-refractivity contribution in [3.05, 3.63) is 70.9 Å². The van der Waals surface area contributed by atoms with Crippen LogP contribution in [0.5, 0.6) is 0 Å². The third kappa shape index (κ3) is 3.79. The number of carbonyl (C=O) groups excluding carboxylic acids is 1. The number of nitriles is 1. The molecule has 0 saturated heterocycles. The molecule has 3 rings (SSSR count). The monoisotopic (exact) mass is 363 g/mol. The fourth-order valence-electron chi connectivity index (χ4n) is 2.85. The predicted molar refractivity (Wildman–Crippen MR) is 106 cm³/mol. The summed E-state index contributed by atoms with van der Waals surface area (Å²) in [6.45, 7) is 2.49. The fraction of sp³-hybridized carbons (Fsp3) is 0.143. The van der Waals surface area contributed by atoms with Gasteiger partial charge in [-0.15, -0.1) is 0 Å². The minimum absolute atomic E-state index is 0.218. The van der Waals surface area contributed by atoms with Crippen LogP contribution in [0.1, 0.15) is 17.5 Å². The van der Waals surface area contributed by atoms with Crippen LogP contribution in [-0.4, -0.2) is 10.5 Å². The van der Waals surface area contributed by atoms with E-state index in [9.17, 15) is 4.79 Å². The van der Waals surface area contributed by atoms with Crippen molar-refractivity contribution in [2.75, 3.05) is 5.32 Å². The molecule has 0 aliphatic heterocycles. The van der Waals surface area contributed by atoms with E-state index in [1.807, 2.05) is 48.0 Å². The lowest BCUT2D eigenvalue weighted by Crippen LogP contribution is -2.08. The van der Waals surface area contributed by atoms with E-state index in [0.717, 1.165) is 22.0 Å². The number of rotatable bonds is 5. The smallest absolute Gasteiger partial charge is 0.248 e. The Morgan fingerprint density at radius 2 is 2.08 bits per heavy atom. The molecule has 3 aromatic rings. The zero-order chi connectivity index (χ0) is 18.5. The van der Waals surface area contributed by atoms with Gasteiger partial charge < -0.3 is 9.88 Å². The average Bonchev–Trinajstić information content (AvgIpc) is 3.00. The van der Waals surface area contributed by atoms with Gasteiger partial charge in [-0.05, 0) is 36.8 Å². The summed E-state index contributed by atoms with van der Waals surface area (Å²) in [5, 5.41) is 13.3. The Hall–Kier alpha value is -3.03. The molecule has 0 fully saturated rings. The molecule has 1 heterocycles. The SMILES string of the molecule is Cc1c(Cl)cccc1NC(=O)/C=C/c1cn(CCC#N)c2ccccc12. The summed E-state index contributed by atoms with van der Waals surface area (Å²) in [4.78, 5) is 12.3. The molecule has 0 radical (unpaired) electrons. The van der Waals surface area contributed by atoms with Crippen LogP contribution < -0.4 is 5.32 Å². The number of para-hydroxylation sites is 1. The number of amides is 1. The summed E-state index contributed by atoms with van der Waals surface area (Å²) < 4.78 is 2.04. The van der Waals surface area contributed by atoms with Crippen molar-refractivity contribution in [3.63, 3.8) is 0 Å². The van der Waals surface area contributed by atoms with Gasteiger partial charge in [-0.25, -0.2) is 0 Å². The van der Waals surface area contributed by atoms with E-state index in [1.54, 1.807) is 18.2 Å². The summed E-state index contributed by atoms with van der Waals surface area (Å²) in [6.07, 6.45) is 5.71. The molecular formula is C21H18ClN3O. The topological polar surface area (TPSA) is 57.8 Å². The Morgan fingerprint density at radius 1 is 1.27 bits per heavy atom. The number of hydrogen-bond donors (Lipinski definition) is 1. The lowest BCUT2D eigenvalue weighted by Gasteiger charge is -2.07. The van der Waals surface area contributed by atoms with Gasteiger partial charge in [0.1, 0.15) is 0 Å². The lowest BCUT2D eigenvalue weighted by molar-refractivity contribution is -0.111. The summed E-state index contributed by atoms with van der Waals surface area (Å²) in [7, 11) is 0. The largest absolute Gasteiger partial charge is 0.346 e. The van der Waals surface area contributed by atoms with Crippen LogP contribution in [0.25, 0.3) is 17.0 Å². The van der Waals surface area contributed by atoms with Crippen molar-refractivity contribution in [3.8, 4) is 6.07 Å². The molecule has 26 heavy (non-hydrogen) atoms. The molecule has 0 aliphatic rings. The Labute approximate surface area is 157 Å². The normalized spacial score (nSPS) is 11.0. The average molecular weight is 364 g/mol. The third-order valence-corrected chi connectivity index (χ3v) is 4.63. The van der Waals surface area contributed by atoms with Gasteiger partial charge in [0.15, 0.2) is 0 Å². The lowest BCUT2D eigenvalue weighted by atomic mass is 10.1. The molecule has 0 unspecified atom stereocenters. The molecule has 0 saturated carbocycles. The number of anilines is 1. The van der Waals surface area contributed by atoms with Crippen molar-refractivity contribution in [2.45, 2.75) is 19.9 Å². The first-order chi connectivity index (χ1) is 12.6. The number of nitrogens with zero attached hydrogens (tertiary/aromatic N) is 2. The highest BCUT2D eigenvalue weighted by molar-refractivity contribution is 6.31. The summed E-state index contributed by atoms with van der Waals surface area (Å²) >= 11 is 6.09. The van der Waals surface area contributed by atoms with Crippen LogP contribution in [0, 0.1) is 18.3 Å². The summed E-state index contributed by atoms with van der Waals surface area (Å²) in [6, 6.07) is 15.5. The molecule has 4 nitrogen and oxygen atoms in total. The Balaban J connectivity index is 1.83. The van der Waals surface area contributed by atoms with Crippen LogP contribution in [-0.2, 0) is 11.3 Å². The van der Waals surface area contributed by atoms with E-state index in [-0.39, 0.29) is 5.91 Å². The Bertz CT molecular complexity index is 1030. The number of nitrogens with one attached hydrogen (secondary N) is 1. The molecule has 1 amide bonds. The Kier molecular flexibility index (Phi) is 5.40. The van der Waals surface area contributed by atoms with Crippen molar-refractivity contribution < 1.29 is 4.79 Å². The maximum absolute atomic E-state index is 12.3. The van der Waals surface area contributed by atoms with E-state index in [1.165, 1.54) is 6.08 Å². The second-order valence-electron chi connectivity index (χ2n) is 5.94. The van der Waals surface area contributed by atoms with E-state index >= 15 is 0 Å². The molecule has 5 heteroatoms. The molecule has 1 aromatic heterocycles. The maximum atomic E-state index is 12.3. The minimum atomic E-state index is -0.218. The molecule has 0 atom stereocenters. The summed E-state index contributed by atoms with van der Waals surface area (Å²) in [5.74, 6) is -0.218.